The second-order valence-electron chi connectivity index (χ2n) is 23.0. The molecule has 0 aromatic heterocycles. The van der Waals surface area contributed by atoms with Crippen LogP contribution in [0.3, 0.4) is 0 Å². The summed E-state index contributed by atoms with van der Waals surface area (Å²) >= 11 is 0. The predicted molar refractivity (Wildman–Crippen MR) is 362 cm³/mol. The van der Waals surface area contributed by atoms with E-state index < -0.39 is 6.10 Å². The summed E-state index contributed by atoms with van der Waals surface area (Å²) in [5.41, 5.74) is 0. The van der Waals surface area contributed by atoms with Gasteiger partial charge in [0.05, 0.1) is 0 Å². The number of unbranched alkanes of at least 4 members (excludes halogenated alkanes) is 32. The van der Waals surface area contributed by atoms with Gasteiger partial charge in [-0.3, -0.25) is 14.4 Å². The van der Waals surface area contributed by atoms with Crippen LogP contribution in [0.1, 0.15) is 329 Å². The van der Waals surface area contributed by atoms with E-state index >= 15 is 0 Å². The number of hydrogen-bond donors (Lipinski definition) is 0. The normalized spacial score (nSPS) is 12.9. The van der Waals surface area contributed by atoms with Gasteiger partial charge < -0.3 is 14.2 Å². The summed E-state index contributed by atoms with van der Waals surface area (Å²) in [6.07, 6.45) is 98.5. The zero-order valence-corrected chi connectivity index (χ0v) is 54.4. The molecule has 0 spiro atoms. The molecular formula is C77H130O6. The molecule has 83 heavy (non-hydrogen) atoms. The summed E-state index contributed by atoms with van der Waals surface area (Å²) in [5.74, 6) is -0.888. The van der Waals surface area contributed by atoms with Gasteiger partial charge in [0, 0.05) is 19.3 Å². The lowest BCUT2D eigenvalue weighted by Gasteiger charge is -2.18. The van der Waals surface area contributed by atoms with Gasteiger partial charge in [0.25, 0.3) is 0 Å². The average molecular weight is 1150 g/mol. The van der Waals surface area contributed by atoms with Crippen LogP contribution in [-0.2, 0) is 28.6 Å². The number of hydrogen-bond acceptors (Lipinski definition) is 6. The Bertz CT molecular complexity index is 1700. The molecule has 6 heteroatoms. The molecule has 0 amide bonds. The van der Waals surface area contributed by atoms with Gasteiger partial charge in [-0.15, -0.1) is 0 Å². The van der Waals surface area contributed by atoms with E-state index in [9.17, 15) is 14.4 Å². The van der Waals surface area contributed by atoms with Crippen molar-refractivity contribution in [1.29, 1.82) is 0 Å². The molecule has 0 saturated carbocycles. The number of ether oxygens (including phenoxy) is 3. The topological polar surface area (TPSA) is 78.9 Å². The highest BCUT2D eigenvalue weighted by atomic mass is 16.6. The van der Waals surface area contributed by atoms with Crippen molar-refractivity contribution in [3.05, 3.63) is 122 Å². The van der Waals surface area contributed by atoms with Gasteiger partial charge in [-0.1, -0.05) is 322 Å². The molecule has 6 nitrogen and oxygen atoms in total. The van der Waals surface area contributed by atoms with Crippen LogP contribution in [0.15, 0.2) is 122 Å². The fraction of sp³-hybridized carbons (Fsp3) is 0.701. The third-order valence-corrected chi connectivity index (χ3v) is 15.0. The average Bonchev–Trinajstić information content (AvgIpc) is 3.49. The minimum atomic E-state index is -0.779. The Morgan fingerprint density at radius 3 is 0.735 bits per heavy atom. The first kappa shape index (κ1) is 78.8. The maximum absolute atomic E-state index is 12.9. The van der Waals surface area contributed by atoms with Crippen LogP contribution in [0.5, 0.6) is 0 Å². The van der Waals surface area contributed by atoms with Crippen LogP contribution in [0.4, 0.5) is 0 Å². The summed E-state index contributed by atoms with van der Waals surface area (Å²) in [6.45, 7) is 6.35. The molecule has 0 rings (SSSR count). The van der Waals surface area contributed by atoms with Gasteiger partial charge >= 0.3 is 17.9 Å². The zero-order valence-electron chi connectivity index (χ0n) is 54.4. The maximum Gasteiger partial charge on any atom is 0.306 e. The van der Waals surface area contributed by atoms with Crippen molar-refractivity contribution in [2.45, 2.75) is 335 Å². The summed E-state index contributed by atoms with van der Waals surface area (Å²) in [7, 11) is 0. The summed E-state index contributed by atoms with van der Waals surface area (Å²) in [5, 5.41) is 0. The molecule has 0 radical (unpaired) electrons. The number of carbonyl (C=O) groups excluding carboxylic acids is 3. The first-order valence-electron chi connectivity index (χ1n) is 35.0. The minimum absolute atomic E-state index is 0.0784. The standard InChI is InChI=1S/C77H130O6/c1-4-7-10-13-15-17-19-21-23-25-27-29-31-33-34-35-36-37-38-39-40-41-42-44-45-47-49-51-53-55-57-59-61-64-67-70-76(79)82-73-74(72-81-75(78)69-66-63-12-9-6-3)83-77(80)71-68-65-62-60-58-56-54-52-50-48-46-43-32-30-28-26-24-22-20-18-16-14-11-8-5-2/h7-8,10-11,15-18,21-24,27-30,33-34,43,46,74H,4-6,9,12-14,19-20,25-26,31-32,35-42,44-45,47-73H2,1-3H3/b10-7-,11-8-,17-15-,18-16-,23-21-,24-22-,29-27-,30-28-,34-33-,46-43-. The smallest absolute Gasteiger partial charge is 0.306 e. The molecule has 1 unspecified atom stereocenters. The monoisotopic (exact) mass is 1150 g/mol. The van der Waals surface area contributed by atoms with Crippen LogP contribution < -0.4 is 0 Å². The molecule has 1 atom stereocenters. The Balaban J connectivity index is 3.96. The highest BCUT2D eigenvalue weighted by Crippen LogP contribution is 2.17. The fourth-order valence-corrected chi connectivity index (χ4v) is 9.79. The molecule has 0 aromatic carbocycles. The first-order chi connectivity index (χ1) is 41.0. The lowest BCUT2D eigenvalue weighted by atomic mass is 10.0. The van der Waals surface area contributed by atoms with Gasteiger partial charge in [0.15, 0.2) is 6.10 Å². The van der Waals surface area contributed by atoms with Gasteiger partial charge in [-0.25, -0.2) is 0 Å². The van der Waals surface area contributed by atoms with Crippen LogP contribution in [0.2, 0.25) is 0 Å². The SMILES string of the molecule is CC/C=C\C/C=C\C/C=C\C/C=C\C/C=C\CCCCCCCCCCCCCCCCCCCCCC(=O)OCC(COC(=O)CCCCCCC)OC(=O)CCCCCCCCCCC/C=C\C/C=C\C/C=C\C/C=C\C/C=C\CC. The zero-order chi connectivity index (χ0) is 59.9. The largest absolute Gasteiger partial charge is 0.462 e. The van der Waals surface area contributed by atoms with E-state index in [1.807, 2.05) is 0 Å². The van der Waals surface area contributed by atoms with Crippen LogP contribution in [0.25, 0.3) is 0 Å². The third kappa shape index (κ3) is 68.5. The molecule has 0 saturated heterocycles. The summed E-state index contributed by atoms with van der Waals surface area (Å²) in [4.78, 5) is 38.0. The molecule has 0 fully saturated rings. The van der Waals surface area contributed by atoms with Crippen molar-refractivity contribution in [2.75, 3.05) is 13.2 Å². The van der Waals surface area contributed by atoms with Crippen LogP contribution >= 0.6 is 0 Å². The highest BCUT2D eigenvalue weighted by Gasteiger charge is 2.19. The van der Waals surface area contributed by atoms with E-state index in [1.54, 1.807) is 0 Å². The van der Waals surface area contributed by atoms with E-state index in [1.165, 1.54) is 154 Å². The van der Waals surface area contributed by atoms with E-state index in [0.717, 1.165) is 135 Å². The molecule has 0 bridgehead atoms. The Labute approximate surface area is 513 Å². The summed E-state index contributed by atoms with van der Waals surface area (Å²) < 4.78 is 16.8. The van der Waals surface area contributed by atoms with Gasteiger partial charge in [0.2, 0.25) is 0 Å². The summed E-state index contributed by atoms with van der Waals surface area (Å²) in [6, 6.07) is 0. The third-order valence-electron chi connectivity index (χ3n) is 15.0. The van der Waals surface area contributed by atoms with Crippen molar-refractivity contribution >= 4 is 17.9 Å². The number of rotatable bonds is 63. The quantitative estimate of drug-likeness (QED) is 0.0261. The molecule has 474 valence electrons. The lowest BCUT2D eigenvalue weighted by molar-refractivity contribution is -0.167. The first-order valence-corrected chi connectivity index (χ1v) is 35.0. The second-order valence-corrected chi connectivity index (χ2v) is 23.0. The van der Waals surface area contributed by atoms with E-state index in [4.69, 9.17) is 14.2 Å². The minimum Gasteiger partial charge on any atom is -0.462 e. The predicted octanol–water partition coefficient (Wildman–Crippen LogP) is 24.3. The molecule has 0 aliphatic heterocycles. The van der Waals surface area contributed by atoms with Crippen molar-refractivity contribution in [3.8, 4) is 0 Å². The number of esters is 3. The van der Waals surface area contributed by atoms with Crippen molar-refractivity contribution in [2.24, 2.45) is 0 Å². The van der Waals surface area contributed by atoms with Crippen LogP contribution in [-0.4, -0.2) is 37.2 Å². The maximum atomic E-state index is 12.9. The van der Waals surface area contributed by atoms with Gasteiger partial charge in [0.1, 0.15) is 13.2 Å². The highest BCUT2D eigenvalue weighted by molar-refractivity contribution is 5.71. The Morgan fingerprint density at radius 2 is 0.470 bits per heavy atom. The van der Waals surface area contributed by atoms with Crippen molar-refractivity contribution in [3.63, 3.8) is 0 Å². The molecule has 0 heterocycles. The Kier molecular flexibility index (Phi) is 66.7. The molecule has 0 N–H and O–H groups in total. The van der Waals surface area contributed by atoms with Gasteiger partial charge in [-0.2, -0.15) is 0 Å². The second kappa shape index (κ2) is 70.3. The Hall–Kier alpha value is -4.19. The molecular weight excluding hydrogens is 1020 g/mol. The van der Waals surface area contributed by atoms with Crippen molar-refractivity contribution < 1.29 is 28.6 Å². The van der Waals surface area contributed by atoms with Gasteiger partial charge in [-0.05, 0) is 109 Å². The van der Waals surface area contributed by atoms with Crippen LogP contribution in [0, 0.1) is 0 Å². The van der Waals surface area contributed by atoms with E-state index in [-0.39, 0.29) is 31.1 Å². The van der Waals surface area contributed by atoms with E-state index in [2.05, 4.69) is 142 Å². The molecule has 0 aromatic rings. The lowest BCUT2D eigenvalue weighted by Crippen LogP contribution is -2.30. The number of carbonyl (C=O) groups is 3. The fourth-order valence-electron chi connectivity index (χ4n) is 9.79. The number of allylic oxidation sites excluding steroid dienone is 20. The van der Waals surface area contributed by atoms with E-state index in [0.29, 0.717) is 19.3 Å². The van der Waals surface area contributed by atoms with Crippen molar-refractivity contribution in [1.82, 2.24) is 0 Å². The molecule has 0 aliphatic carbocycles. The Morgan fingerprint density at radius 1 is 0.253 bits per heavy atom. The molecule has 0 aliphatic rings.